The molecule has 0 aliphatic carbocycles. The number of ketones is 1. The Labute approximate surface area is 89.8 Å². The van der Waals surface area contributed by atoms with Crippen molar-refractivity contribution in [3.63, 3.8) is 0 Å². The Morgan fingerprint density at radius 2 is 2.07 bits per heavy atom. The Morgan fingerprint density at radius 3 is 2.47 bits per heavy atom. The van der Waals surface area contributed by atoms with Crippen molar-refractivity contribution < 1.29 is 9.53 Å². The molecule has 2 aliphatic heterocycles. The molecule has 0 aromatic heterocycles. The van der Waals surface area contributed by atoms with Gasteiger partial charge in [-0.3, -0.25) is 4.79 Å². The van der Waals surface area contributed by atoms with Gasteiger partial charge in [-0.2, -0.15) is 5.26 Å². The largest absolute Gasteiger partial charge is 0.377 e. The molecule has 0 radical (unpaired) electrons. The molecule has 0 saturated carbocycles. The van der Waals surface area contributed by atoms with Crippen LogP contribution in [0.4, 0.5) is 0 Å². The third-order valence-corrected chi connectivity index (χ3v) is 3.47. The van der Waals surface area contributed by atoms with Gasteiger partial charge in [0.15, 0.2) is 11.2 Å². The lowest BCUT2D eigenvalue weighted by Gasteiger charge is -2.38. The summed E-state index contributed by atoms with van der Waals surface area (Å²) in [5.74, 6) is 0.189. The van der Waals surface area contributed by atoms with Crippen LogP contribution in [0, 0.1) is 22.7 Å². The lowest BCUT2D eigenvalue weighted by atomic mass is 9.74. The maximum Gasteiger partial charge on any atom is 0.162 e. The molecule has 0 spiro atoms. The predicted octanol–water partition coefficient (Wildman–Crippen LogP) is 0.437. The highest BCUT2D eigenvalue weighted by Gasteiger charge is 2.48. The lowest BCUT2D eigenvalue weighted by Crippen LogP contribution is -2.51. The normalized spacial score (nSPS) is 26.7. The first-order valence-electron chi connectivity index (χ1n) is 5.40. The zero-order chi connectivity index (χ0) is 10.9. The molecule has 4 nitrogen and oxygen atoms in total. The monoisotopic (exact) mass is 208 g/mol. The number of rotatable bonds is 2. The Hall–Kier alpha value is -0.920. The van der Waals surface area contributed by atoms with E-state index >= 15 is 0 Å². The van der Waals surface area contributed by atoms with Crippen LogP contribution in [-0.4, -0.2) is 44.0 Å². The molecule has 0 amide bonds. The van der Waals surface area contributed by atoms with Gasteiger partial charge in [-0.05, 0) is 33.0 Å². The second-order valence-corrected chi connectivity index (χ2v) is 4.63. The van der Waals surface area contributed by atoms with Gasteiger partial charge in [0.2, 0.25) is 0 Å². The molecule has 2 fully saturated rings. The summed E-state index contributed by atoms with van der Waals surface area (Å²) in [4.78, 5) is 14.3. The van der Waals surface area contributed by atoms with Gasteiger partial charge in [-0.15, -0.1) is 0 Å². The summed E-state index contributed by atoms with van der Waals surface area (Å²) in [5, 5.41) is 9.03. The van der Waals surface area contributed by atoms with Gasteiger partial charge in [-0.1, -0.05) is 0 Å². The first-order valence-corrected chi connectivity index (χ1v) is 5.40. The molecule has 0 atom stereocenters. The number of likely N-dealkylation sites (tertiary alicyclic amines) is 1. The Bertz CT molecular complexity index is 296. The van der Waals surface area contributed by atoms with Crippen LogP contribution in [0.1, 0.15) is 12.8 Å². The highest BCUT2D eigenvalue weighted by Crippen LogP contribution is 2.33. The van der Waals surface area contributed by atoms with Crippen molar-refractivity contribution in [3.05, 3.63) is 0 Å². The minimum Gasteiger partial charge on any atom is -0.377 e. The third-order valence-electron chi connectivity index (χ3n) is 3.47. The van der Waals surface area contributed by atoms with Crippen molar-refractivity contribution >= 4 is 5.78 Å². The number of carbonyl (C=O) groups is 1. The maximum atomic E-state index is 12.1. The molecule has 0 aromatic carbocycles. The maximum absolute atomic E-state index is 12.1. The van der Waals surface area contributed by atoms with Crippen molar-refractivity contribution in [1.29, 1.82) is 5.26 Å². The summed E-state index contributed by atoms with van der Waals surface area (Å²) in [6.45, 7) is 2.51. The van der Waals surface area contributed by atoms with Crippen molar-refractivity contribution in [1.82, 2.24) is 4.90 Å². The molecule has 2 saturated heterocycles. The SMILES string of the molecule is CN1CCC(C(=O)C2(C#N)COC2)CC1. The molecule has 0 N–H and O–H groups in total. The summed E-state index contributed by atoms with van der Waals surface area (Å²) in [6.07, 6.45) is 1.78. The average Bonchev–Trinajstić information content (AvgIpc) is 2.18. The van der Waals surface area contributed by atoms with Crippen LogP contribution in [0.3, 0.4) is 0 Å². The highest BCUT2D eigenvalue weighted by molar-refractivity contribution is 5.90. The average molecular weight is 208 g/mol. The van der Waals surface area contributed by atoms with E-state index in [4.69, 9.17) is 10.00 Å². The van der Waals surface area contributed by atoms with E-state index in [1.165, 1.54) is 0 Å². The zero-order valence-electron chi connectivity index (χ0n) is 9.03. The van der Waals surface area contributed by atoms with Gasteiger partial charge in [0.1, 0.15) is 0 Å². The van der Waals surface area contributed by atoms with Crippen LogP contribution in [0.25, 0.3) is 0 Å². The third kappa shape index (κ3) is 1.77. The summed E-state index contributed by atoms with van der Waals surface area (Å²) in [7, 11) is 2.06. The summed E-state index contributed by atoms with van der Waals surface area (Å²) < 4.78 is 5.01. The number of piperidine rings is 1. The van der Waals surface area contributed by atoms with Crippen LogP contribution >= 0.6 is 0 Å². The molecular formula is C11H16N2O2. The number of ether oxygens (including phenoxy) is 1. The fraction of sp³-hybridized carbons (Fsp3) is 0.818. The number of nitriles is 1. The molecule has 0 unspecified atom stereocenters. The van der Waals surface area contributed by atoms with E-state index in [0.29, 0.717) is 13.2 Å². The van der Waals surface area contributed by atoms with Gasteiger partial charge >= 0.3 is 0 Å². The quantitative estimate of drug-likeness (QED) is 0.660. The fourth-order valence-electron chi connectivity index (χ4n) is 2.23. The van der Waals surface area contributed by atoms with Crippen LogP contribution in [0.2, 0.25) is 0 Å². The van der Waals surface area contributed by atoms with E-state index in [9.17, 15) is 4.79 Å². The molecule has 82 valence electrons. The lowest BCUT2D eigenvalue weighted by molar-refractivity contribution is -0.153. The Morgan fingerprint density at radius 1 is 1.47 bits per heavy atom. The van der Waals surface area contributed by atoms with Gasteiger partial charge in [0.25, 0.3) is 0 Å². The molecule has 2 heterocycles. The molecule has 2 aliphatic rings. The van der Waals surface area contributed by atoms with Crippen molar-refractivity contribution in [2.75, 3.05) is 33.4 Å². The second kappa shape index (κ2) is 3.92. The minimum atomic E-state index is -0.805. The van der Waals surface area contributed by atoms with Gasteiger partial charge < -0.3 is 9.64 Å². The molecule has 0 bridgehead atoms. The number of nitrogens with zero attached hydrogens (tertiary/aromatic N) is 2. The van der Waals surface area contributed by atoms with E-state index in [0.717, 1.165) is 25.9 Å². The van der Waals surface area contributed by atoms with Gasteiger partial charge in [0, 0.05) is 5.92 Å². The number of hydrogen-bond acceptors (Lipinski definition) is 4. The van der Waals surface area contributed by atoms with E-state index < -0.39 is 5.41 Å². The van der Waals surface area contributed by atoms with Crippen LogP contribution in [0.5, 0.6) is 0 Å². The summed E-state index contributed by atoms with van der Waals surface area (Å²) >= 11 is 0. The highest BCUT2D eigenvalue weighted by atomic mass is 16.5. The van der Waals surface area contributed by atoms with E-state index in [1.54, 1.807) is 0 Å². The predicted molar refractivity (Wildman–Crippen MR) is 54.1 cm³/mol. The van der Waals surface area contributed by atoms with E-state index in [-0.39, 0.29) is 11.7 Å². The first kappa shape index (κ1) is 10.6. The second-order valence-electron chi connectivity index (χ2n) is 4.63. The summed E-state index contributed by atoms with van der Waals surface area (Å²) in [5.41, 5.74) is -0.805. The zero-order valence-corrected chi connectivity index (χ0v) is 9.03. The first-order chi connectivity index (χ1) is 7.18. The van der Waals surface area contributed by atoms with E-state index in [2.05, 4.69) is 18.0 Å². The van der Waals surface area contributed by atoms with Gasteiger partial charge in [0.05, 0.1) is 19.3 Å². The molecule has 4 heteroatoms. The standard InChI is InChI=1S/C11H16N2O2/c1-13-4-2-9(3-5-13)10(14)11(6-12)7-15-8-11/h9H,2-5,7-8H2,1H3. The summed E-state index contributed by atoms with van der Waals surface area (Å²) in [6, 6.07) is 2.14. The van der Waals surface area contributed by atoms with Crippen molar-refractivity contribution in [2.45, 2.75) is 12.8 Å². The number of carbonyl (C=O) groups excluding carboxylic acids is 1. The smallest absolute Gasteiger partial charge is 0.162 e. The van der Waals surface area contributed by atoms with Crippen LogP contribution in [-0.2, 0) is 9.53 Å². The van der Waals surface area contributed by atoms with Crippen LogP contribution < -0.4 is 0 Å². The molecular weight excluding hydrogens is 192 g/mol. The minimum absolute atomic E-state index is 0.0738. The number of Topliss-reactive ketones (excluding diaryl/α,β-unsaturated/α-hetero) is 1. The topological polar surface area (TPSA) is 53.3 Å². The van der Waals surface area contributed by atoms with E-state index in [1.807, 2.05) is 0 Å². The molecule has 2 rings (SSSR count). The molecule has 0 aromatic rings. The Kier molecular flexibility index (Phi) is 2.76. The number of hydrogen-bond donors (Lipinski definition) is 0. The Balaban J connectivity index is 1.99. The van der Waals surface area contributed by atoms with Crippen LogP contribution in [0.15, 0.2) is 0 Å². The molecule has 15 heavy (non-hydrogen) atoms. The fourth-order valence-corrected chi connectivity index (χ4v) is 2.23. The van der Waals surface area contributed by atoms with Crippen molar-refractivity contribution in [2.24, 2.45) is 11.3 Å². The van der Waals surface area contributed by atoms with Crippen molar-refractivity contribution in [3.8, 4) is 6.07 Å². The van der Waals surface area contributed by atoms with Gasteiger partial charge in [-0.25, -0.2) is 0 Å².